The highest BCUT2D eigenvalue weighted by Gasteiger charge is 2.45. The third-order valence-corrected chi connectivity index (χ3v) is 4.78. The first-order chi connectivity index (χ1) is 10.8. The molecule has 5 nitrogen and oxygen atoms in total. The van der Waals surface area contributed by atoms with E-state index in [1.54, 1.807) is 0 Å². The lowest BCUT2D eigenvalue weighted by Gasteiger charge is -2.42. The van der Waals surface area contributed by atoms with Gasteiger partial charge in [0.15, 0.2) is 0 Å². The van der Waals surface area contributed by atoms with E-state index >= 15 is 0 Å². The van der Waals surface area contributed by atoms with Crippen LogP contribution in [-0.4, -0.2) is 48.2 Å². The Labute approximate surface area is 139 Å². The van der Waals surface area contributed by atoms with Crippen molar-refractivity contribution in [1.29, 1.82) is 0 Å². The maximum atomic E-state index is 12.5. The smallest absolute Gasteiger partial charge is 0.305 e. The Kier molecular flexibility index (Phi) is 5.71. The van der Waals surface area contributed by atoms with Gasteiger partial charge in [-0.2, -0.15) is 0 Å². The molecule has 0 unspecified atom stereocenters. The predicted octanol–water partition coefficient (Wildman–Crippen LogP) is 2.92. The van der Waals surface area contributed by atoms with Gasteiger partial charge in [0.05, 0.1) is 18.3 Å². The summed E-state index contributed by atoms with van der Waals surface area (Å²) in [5.74, 6) is 0.0559. The van der Waals surface area contributed by atoms with Crippen molar-refractivity contribution in [3.63, 3.8) is 0 Å². The molecule has 1 spiro atoms. The van der Waals surface area contributed by atoms with E-state index in [0.717, 1.165) is 32.2 Å². The van der Waals surface area contributed by atoms with Crippen LogP contribution in [0.5, 0.6) is 0 Å². The predicted molar refractivity (Wildman–Crippen MR) is 88.0 cm³/mol. The molecule has 0 aromatic rings. The minimum absolute atomic E-state index is 0.115. The molecule has 23 heavy (non-hydrogen) atoms. The highest BCUT2D eigenvalue weighted by Crippen LogP contribution is 2.39. The fraction of sp³-hybridized carbons (Fsp3) is 0.889. The molecule has 2 fully saturated rings. The molecule has 0 saturated carbocycles. The Hall–Kier alpha value is -1.10. The summed E-state index contributed by atoms with van der Waals surface area (Å²) in [7, 11) is 0. The molecule has 2 atom stereocenters. The van der Waals surface area contributed by atoms with Gasteiger partial charge < -0.3 is 14.4 Å². The molecular formula is C18H31NO4. The van der Waals surface area contributed by atoms with Crippen molar-refractivity contribution in [3.8, 4) is 0 Å². The molecular weight excluding hydrogens is 294 g/mol. The van der Waals surface area contributed by atoms with Gasteiger partial charge in [-0.15, -0.1) is 0 Å². The van der Waals surface area contributed by atoms with Crippen LogP contribution in [0.15, 0.2) is 0 Å². The lowest BCUT2D eigenvalue weighted by Crippen LogP contribution is -2.53. The van der Waals surface area contributed by atoms with Crippen LogP contribution in [0.2, 0.25) is 0 Å². The van der Waals surface area contributed by atoms with Gasteiger partial charge in [-0.25, -0.2) is 0 Å². The molecule has 5 heteroatoms. The zero-order chi connectivity index (χ0) is 17.1. The quantitative estimate of drug-likeness (QED) is 0.746. The van der Waals surface area contributed by atoms with E-state index in [9.17, 15) is 9.59 Å². The fourth-order valence-corrected chi connectivity index (χ4v) is 3.66. The average molecular weight is 325 g/mol. The third-order valence-electron chi connectivity index (χ3n) is 4.78. The summed E-state index contributed by atoms with van der Waals surface area (Å²) < 4.78 is 11.3. The van der Waals surface area contributed by atoms with Crippen molar-refractivity contribution >= 4 is 11.9 Å². The second kappa shape index (κ2) is 7.20. The summed E-state index contributed by atoms with van der Waals surface area (Å²) in [4.78, 5) is 26.0. The van der Waals surface area contributed by atoms with E-state index < -0.39 is 0 Å². The molecule has 2 aliphatic heterocycles. The molecule has 0 bridgehead atoms. The van der Waals surface area contributed by atoms with Gasteiger partial charge in [0.25, 0.3) is 0 Å². The Morgan fingerprint density at radius 2 is 2.04 bits per heavy atom. The standard InChI is InChI=1S/C18H31NO4/c1-5-22-15(20)8-7-14-9-11-18(23-14)10-6-12-19(13-18)16(21)17(2,3)4/h14H,5-13H2,1-4H3/t14-,18-/m0/s1. The molecule has 2 heterocycles. The number of amides is 1. The fourth-order valence-electron chi connectivity index (χ4n) is 3.66. The first kappa shape index (κ1) is 18.2. The summed E-state index contributed by atoms with van der Waals surface area (Å²) in [6.45, 7) is 9.67. The van der Waals surface area contributed by atoms with Crippen LogP contribution in [0, 0.1) is 5.41 Å². The van der Waals surface area contributed by atoms with E-state index in [4.69, 9.17) is 9.47 Å². The Balaban J connectivity index is 1.88. The van der Waals surface area contributed by atoms with Crippen molar-refractivity contribution in [2.75, 3.05) is 19.7 Å². The zero-order valence-corrected chi connectivity index (χ0v) is 15.0. The monoisotopic (exact) mass is 325 g/mol. The van der Waals surface area contributed by atoms with Crippen molar-refractivity contribution in [3.05, 3.63) is 0 Å². The van der Waals surface area contributed by atoms with Crippen LogP contribution in [0.4, 0.5) is 0 Å². The van der Waals surface area contributed by atoms with Gasteiger partial charge >= 0.3 is 5.97 Å². The number of esters is 1. The second-order valence-corrected chi connectivity index (χ2v) is 7.89. The highest BCUT2D eigenvalue weighted by molar-refractivity contribution is 5.81. The van der Waals surface area contributed by atoms with E-state index in [0.29, 0.717) is 26.0 Å². The first-order valence-corrected chi connectivity index (χ1v) is 8.88. The highest BCUT2D eigenvalue weighted by atomic mass is 16.5. The number of carbonyl (C=O) groups is 2. The molecule has 0 aromatic carbocycles. The largest absolute Gasteiger partial charge is 0.466 e. The van der Waals surface area contributed by atoms with Crippen LogP contribution in [0.1, 0.15) is 66.2 Å². The molecule has 0 radical (unpaired) electrons. The third kappa shape index (κ3) is 4.69. The average Bonchev–Trinajstić information content (AvgIpc) is 2.86. The molecule has 2 rings (SSSR count). The lowest BCUT2D eigenvalue weighted by molar-refractivity contribution is -0.150. The minimum atomic E-state index is -0.347. The summed E-state index contributed by atoms with van der Waals surface area (Å²) >= 11 is 0. The van der Waals surface area contributed by atoms with Crippen molar-refractivity contribution < 1.29 is 19.1 Å². The minimum Gasteiger partial charge on any atom is -0.466 e. The summed E-state index contributed by atoms with van der Waals surface area (Å²) in [5, 5.41) is 0. The molecule has 0 aliphatic carbocycles. The van der Waals surface area contributed by atoms with E-state index in [1.807, 2.05) is 32.6 Å². The topological polar surface area (TPSA) is 55.8 Å². The number of ether oxygens (including phenoxy) is 2. The number of nitrogens with zero attached hydrogens (tertiary/aromatic N) is 1. The Morgan fingerprint density at radius 3 is 2.70 bits per heavy atom. The van der Waals surface area contributed by atoms with Gasteiger partial charge in [-0.1, -0.05) is 20.8 Å². The maximum Gasteiger partial charge on any atom is 0.305 e. The van der Waals surface area contributed by atoms with Gasteiger partial charge in [0.1, 0.15) is 0 Å². The number of carbonyl (C=O) groups excluding carboxylic acids is 2. The molecule has 2 aliphatic rings. The van der Waals surface area contributed by atoms with Crippen LogP contribution in [-0.2, 0) is 19.1 Å². The Bertz CT molecular complexity index is 443. The van der Waals surface area contributed by atoms with Crippen molar-refractivity contribution in [2.45, 2.75) is 77.9 Å². The van der Waals surface area contributed by atoms with E-state index in [-0.39, 0.29) is 29.0 Å². The van der Waals surface area contributed by atoms with Crippen molar-refractivity contribution in [1.82, 2.24) is 4.90 Å². The first-order valence-electron chi connectivity index (χ1n) is 8.88. The number of rotatable bonds is 4. The van der Waals surface area contributed by atoms with Gasteiger partial charge in [0.2, 0.25) is 5.91 Å². The SMILES string of the molecule is CCOC(=O)CC[C@H]1CC[C@]2(CCCN(C(=O)C(C)(C)C)C2)O1. The van der Waals surface area contributed by atoms with Crippen LogP contribution < -0.4 is 0 Å². The van der Waals surface area contributed by atoms with Crippen LogP contribution in [0.25, 0.3) is 0 Å². The Morgan fingerprint density at radius 1 is 1.30 bits per heavy atom. The van der Waals surface area contributed by atoms with Gasteiger partial charge in [-0.3, -0.25) is 9.59 Å². The molecule has 132 valence electrons. The number of piperidine rings is 1. The maximum absolute atomic E-state index is 12.5. The van der Waals surface area contributed by atoms with Gasteiger partial charge in [0, 0.05) is 24.9 Å². The van der Waals surface area contributed by atoms with E-state index in [2.05, 4.69) is 0 Å². The van der Waals surface area contributed by atoms with E-state index in [1.165, 1.54) is 0 Å². The molecule has 0 N–H and O–H groups in total. The number of hydrogen-bond acceptors (Lipinski definition) is 4. The van der Waals surface area contributed by atoms with Crippen molar-refractivity contribution in [2.24, 2.45) is 5.41 Å². The summed E-state index contributed by atoms with van der Waals surface area (Å²) in [5.41, 5.74) is -0.543. The zero-order valence-electron chi connectivity index (χ0n) is 15.0. The van der Waals surface area contributed by atoms with Gasteiger partial charge in [-0.05, 0) is 39.0 Å². The lowest BCUT2D eigenvalue weighted by atomic mass is 9.87. The van der Waals surface area contributed by atoms with Crippen LogP contribution in [0.3, 0.4) is 0 Å². The number of likely N-dealkylation sites (tertiary alicyclic amines) is 1. The van der Waals surface area contributed by atoms with Crippen LogP contribution >= 0.6 is 0 Å². The second-order valence-electron chi connectivity index (χ2n) is 7.89. The summed E-state index contributed by atoms with van der Waals surface area (Å²) in [6, 6.07) is 0. The summed E-state index contributed by atoms with van der Waals surface area (Å²) in [6.07, 6.45) is 5.20. The molecule has 0 aromatic heterocycles. The molecule has 1 amide bonds. The number of hydrogen-bond donors (Lipinski definition) is 0. The normalized spacial score (nSPS) is 28.2. The molecule has 2 saturated heterocycles.